The number of ether oxygens (including phenoxy) is 3. The van der Waals surface area contributed by atoms with Gasteiger partial charge in [0.2, 0.25) is 6.79 Å². The summed E-state index contributed by atoms with van der Waals surface area (Å²) in [5, 5.41) is 13.5. The lowest BCUT2D eigenvalue weighted by atomic mass is 9.92. The van der Waals surface area contributed by atoms with Crippen molar-refractivity contribution in [1.29, 1.82) is 0 Å². The van der Waals surface area contributed by atoms with Gasteiger partial charge in [0, 0.05) is 17.1 Å². The lowest BCUT2D eigenvalue weighted by molar-refractivity contribution is -0.274. The fraction of sp³-hybridized carbons (Fsp3) is 0.207. The van der Waals surface area contributed by atoms with Crippen LogP contribution in [0.15, 0.2) is 72.9 Å². The zero-order chi connectivity index (χ0) is 28.0. The third-order valence-corrected chi connectivity index (χ3v) is 5.93. The molecule has 10 heteroatoms. The topological polar surface area (TPSA) is 92.8 Å². The number of amides is 1. The van der Waals surface area contributed by atoms with Gasteiger partial charge >= 0.3 is 6.36 Å². The summed E-state index contributed by atoms with van der Waals surface area (Å²) in [6.07, 6.45) is 2.25. The molecule has 0 radical (unpaired) electrons. The van der Waals surface area contributed by atoms with Crippen LogP contribution < -0.4 is 19.5 Å². The maximum absolute atomic E-state index is 12.8. The Kier molecular flexibility index (Phi) is 8.02. The number of H-pyrrole nitrogens is 1. The Morgan fingerprint density at radius 2 is 1.74 bits per heavy atom. The standard InChI is InChI=1S/C22H19F3N2O3.C7H6O2/c1-3-14-7-6-9-17(19(14)30-22(23,24)25)20(29)27-21(2,13-28)11-15-12-26-18-10-5-4-8-16(15)18;1-2-4-7-6(3-1)8-5-9-7/h1,4-10,12,26,28H,11,13H2,2H3,(H,27,29);1-4H,5H2. The van der Waals surface area contributed by atoms with Gasteiger partial charge in [0.1, 0.15) is 0 Å². The molecule has 4 aromatic rings. The Morgan fingerprint density at radius 1 is 1.08 bits per heavy atom. The summed E-state index contributed by atoms with van der Waals surface area (Å²) in [4.78, 5) is 15.9. The molecule has 0 bridgehead atoms. The van der Waals surface area contributed by atoms with Gasteiger partial charge in [0.05, 0.1) is 23.3 Å². The molecule has 3 N–H and O–H groups in total. The summed E-state index contributed by atoms with van der Waals surface area (Å²) in [6.45, 7) is 1.52. The second-order valence-corrected chi connectivity index (χ2v) is 8.94. The third-order valence-electron chi connectivity index (χ3n) is 5.93. The van der Waals surface area contributed by atoms with Gasteiger partial charge in [-0.3, -0.25) is 4.79 Å². The van der Waals surface area contributed by atoms with Crippen LogP contribution in [0.25, 0.3) is 10.9 Å². The number of terminal acetylenes is 1. The van der Waals surface area contributed by atoms with E-state index < -0.39 is 30.2 Å². The fourth-order valence-electron chi connectivity index (χ4n) is 4.08. The van der Waals surface area contributed by atoms with Crippen LogP contribution >= 0.6 is 0 Å². The number of aromatic nitrogens is 1. The first-order chi connectivity index (χ1) is 18.6. The average Bonchev–Trinajstić information content (AvgIpc) is 3.55. The second kappa shape index (κ2) is 11.4. The molecule has 202 valence electrons. The van der Waals surface area contributed by atoms with Gasteiger partial charge in [-0.25, -0.2) is 0 Å². The van der Waals surface area contributed by atoms with E-state index in [0.29, 0.717) is 6.79 Å². The average molecular weight is 539 g/mol. The molecule has 0 saturated heterocycles. The van der Waals surface area contributed by atoms with Gasteiger partial charge < -0.3 is 29.6 Å². The number of hydrogen-bond acceptors (Lipinski definition) is 5. The van der Waals surface area contributed by atoms with E-state index in [1.165, 1.54) is 18.2 Å². The summed E-state index contributed by atoms with van der Waals surface area (Å²) in [7, 11) is 0. The molecular formula is C29H25F3N2O5. The third kappa shape index (κ3) is 6.64. The quantitative estimate of drug-likeness (QED) is 0.294. The molecule has 5 rings (SSSR count). The van der Waals surface area contributed by atoms with Crippen molar-refractivity contribution in [3.8, 4) is 29.6 Å². The minimum Gasteiger partial charge on any atom is -0.454 e. The Hall–Kier alpha value is -4.62. The van der Waals surface area contributed by atoms with E-state index in [-0.39, 0.29) is 17.5 Å². The number of aromatic amines is 1. The highest BCUT2D eigenvalue weighted by Crippen LogP contribution is 2.31. The highest BCUT2D eigenvalue weighted by molar-refractivity contribution is 5.98. The molecule has 1 atom stereocenters. The van der Waals surface area contributed by atoms with Crippen molar-refractivity contribution in [2.45, 2.75) is 25.2 Å². The van der Waals surface area contributed by atoms with Crippen molar-refractivity contribution < 1.29 is 37.3 Å². The van der Waals surface area contributed by atoms with Crippen molar-refractivity contribution >= 4 is 16.8 Å². The Morgan fingerprint density at radius 3 is 2.38 bits per heavy atom. The molecule has 2 heterocycles. The molecule has 39 heavy (non-hydrogen) atoms. The number of para-hydroxylation sites is 4. The maximum Gasteiger partial charge on any atom is 0.573 e. The summed E-state index contributed by atoms with van der Waals surface area (Å²) in [5.41, 5.74) is 0.000867. The summed E-state index contributed by atoms with van der Waals surface area (Å²) >= 11 is 0. The first kappa shape index (κ1) is 27.4. The largest absolute Gasteiger partial charge is 0.573 e. The van der Waals surface area contributed by atoms with Gasteiger partial charge in [0.25, 0.3) is 5.91 Å². The molecular weight excluding hydrogens is 513 g/mol. The van der Waals surface area contributed by atoms with Crippen LogP contribution in [-0.2, 0) is 6.42 Å². The van der Waals surface area contributed by atoms with Crippen LogP contribution in [0.1, 0.15) is 28.4 Å². The zero-order valence-electron chi connectivity index (χ0n) is 20.8. The van der Waals surface area contributed by atoms with Crippen LogP contribution in [-0.4, -0.2) is 41.3 Å². The molecule has 0 aliphatic carbocycles. The summed E-state index contributed by atoms with van der Waals surface area (Å²) in [5.74, 6) is 2.18. The second-order valence-electron chi connectivity index (χ2n) is 8.94. The van der Waals surface area contributed by atoms with Gasteiger partial charge in [0.15, 0.2) is 17.2 Å². The number of benzene rings is 3. The molecule has 7 nitrogen and oxygen atoms in total. The number of halogens is 3. The summed E-state index contributed by atoms with van der Waals surface area (Å²) in [6, 6.07) is 18.9. The van der Waals surface area contributed by atoms with E-state index in [4.69, 9.17) is 15.9 Å². The van der Waals surface area contributed by atoms with E-state index in [9.17, 15) is 23.1 Å². The van der Waals surface area contributed by atoms with Gasteiger partial charge in [-0.2, -0.15) is 0 Å². The van der Waals surface area contributed by atoms with Gasteiger partial charge in [-0.05, 0) is 49.2 Å². The lowest BCUT2D eigenvalue weighted by Gasteiger charge is -2.29. The molecule has 1 aliphatic heterocycles. The fourth-order valence-corrected chi connectivity index (χ4v) is 4.08. The smallest absolute Gasteiger partial charge is 0.454 e. The molecule has 0 fully saturated rings. The SMILES string of the molecule is C#Cc1cccc(C(=O)NC(C)(CO)Cc2c[nH]c3ccccc23)c1OC(F)(F)F.c1ccc2c(c1)OCO2. The number of fused-ring (bicyclic) bond motifs is 2. The minimum atomic E-state index is -5.02. The Labute approximate surface area is 222 Å². The van der Waals surface area contributed by atoms with Crippen LogP contribution in [0.3, 0.4) is 0 Å². The lowest BCUT2D eigenvalue weighted by Crippen LogP contribution is -2.50. The van der Waals surface area contributed by atoms with E-state index in [1.54, 1.807) is 13.1 Å². The normalized spacial score (nSPS) is 13.5. The number of nitrogens with one attached hydrogen (secondary N) is 2. The first-order valence-corrected chi connectivity index (χ1v) is 11.8. The van der Waals surface area contributed by atoms with Crippen molar-refractivity contribution in [2.24, 2.45) is 0 Å². The van der Waals surface area contributed by atoms with Crippen LogP contribution in [0.2, 0.25) is 0 Å². The molecule has 1 aromatic heterocycles. The van der Waals surface area contributed by atoms with Crippen LogP contribution in [0.4, 0.5) is 13.2 Å². The molecule has 1 unspecified atom stereocenters. The summed E-state index contributed by atoms with van der Waals surface area (Å²) < 4.78 is 52.7. The van der Waals surface area contributed by atoms with E-state index in [2.05, 4.69) is 21.0 Å². The molecule has 0 saturated carbocycles. The molecule has 0 spiro atoms. The van der Waals surface area contributed by atoms with Crippen LogP contribution in [0, 0.1) is 12.3 Å². The van der Waals surface area contributed by atoms with Gasteiger partial charge in [-0.1, -0.05) is 42.3 Å². The van der Waals surface area contributed by atoms with Crippen molar-refractivity contribution in [1.82, 2.24) is 10.3 Å². The van der Waals surface area contributed by atoms with E-state index in [0.717, 1.165) is 28.0 Å². The number of aliphatic hydroxyl groups excluding tert-OH is 1. The van der Waals surface area contributed by atoms with E-state index >= 15 is 0 Å². The molecule has 1 amide bonds. The number of rotatable bonds is 6. The number of carbonyl (C=O) groups is 1. The van der Waals surface area contributed by atoms with Crippen molar-refractivity contribution in [3.63, 3.8) is 0 Å². The van der Waals surface area contributed by atoms with Crippen LogP contribution in [0.5, 0.6) is 17.2 Å². The Balaban J connectivity index is 0.000000327. The van der Waals surface area contributed by atoms with Crippen molar-refractivity contribution in [3.05, 3.63) is 89.6 Å². The highest BCUT2D eigenvalue weighted by Gasteiger charge is 2.35. The number of aliphatic hydroxyl groups is 1. The monoisotopic (exact) mass is 538 g/mol. The van der Waals surface area contributed by atoms with Crippen molar-refractivity contribution in [2.75, 3.05) is 13.4 Å². The highest BCUT2D eigenvalue weighted by atomic mass is 19.4. The zero-order valence-corrected chi connectivity index (χ0v) is 20.8. The predicted octanol–water partition coefficient (Wildman–Crippen LogP) is 5.19. The molecule has 3 aromatic carbocycles. The van der Waals surface area contributed by atoms with Gasteiger partial charge in [-0.15, -0.1) is 19.6 Å². The number of hydrogen-bond donors (Lipinski definition) is 3. The molecule has 1 aliphatic rings. The predicted molar refractivity (Wildman–Crippen MR) is 139 cm³/mol. The maximum atomic E-state index is 12.8. The number of alkyl halides is 3. The number of carbonyl (C=O) groups excluding carboxylic acids is 1. The Bertz CT molecular complexity index is 1490. The minimum absolute atomic E-state index is 0.206. The first-order valence-electron chi connectivity index (χ1n) is 11.8. The van der Waals surface area contributed by atoms with E-state index in [1.807, 2.05) is 48.5 Å².